The summed E-state index contributed by atoms with van der Waals surface area (Å²) in [6, 6.07) is 28.8. The molecule has 0 aliphatic heterocycles. The lowest BCUT2D eigenvalue weighted by Gasteiger charge is -2.24. The molecule has 0 spiro atoms. The van der Waals surface area contributed by atoms with Crippen molar-refractivity contribution in [2.45, 2.75) is 31.1 Å². The van der Waals surface area contributed by atoms with E-state index < -0.39 is 22.5 Å². The van der Waals surface area contributed by atoms with Crippen LogP contribution in [0.15, 0.2) is 112 Å². The van der Waals surface area contributed by atoms with Crippen LogP contribution < -0.4 is 14.9 Å². The summed E-state index contributed by atoms with van der Waals surface area (Å²) in [4.78, 5) is 26.0. The van der Waals surface area contributed by atoms with Crippen LogP contribution in [-0.2, 0) is 20.2 Å². The standard InChI is InChI=1S/C31H30BrN3O4S/c1-31(2,3)23-14-12-22(13-15-23)30(37)34-26-9-7-8-25(20-26)33-29(36)21-35(27-18-16-24(32)17-19-27)40(38,39)28-10-5-4-6-11-28/h4-20H,21H2,1-3H3,(H,33,36)(H,34,37). The number of nitrogens with zero attached hydrogens (tertiary/aromatic N) is 1. The van der Waals surface area contributed by atoms with Gasteiger partial charge in [-0.3, -0.25) is 13.9 Å². The second-order valence-electron chi connectivity index (χ2n) is 10.2. The maximum absolute atomic E-state index is 13.5. The Morgan fingerprint density at radius 3 is 1.98 bits per heavy atom. The third-order valence-corrected chi connectivity index (χ3v) is 8.47. The molecule has 0 fully saturated rings. The average Bonchev–Trinajstić information content (AvgIpc) is 2.92. The van der Waals surface area contributed by atoms with Crippen molar-refractivity contribution in [1.29, 1.82) is 0 Å². The Morgan fingerprint density at radius 1 is 0.775 bits per heavy atom. The van der Waals surface area contributed by atoms with Gasteiger partial charge in [0.05, 0.1) is 10.6 Å². The minimum atomic E-state index is -4.02. The number of anilines is 3. The zero-order chi connectivity index (χ0) is 28.9. The number of nitrogens with one attached hydrogen (secondary N) is 2. The van der Waals surface area contributed by atoms with Crippen LogP contribution in [0.1, 0.15) is 36.7 Å². The molecular weight excluding hydrogens is 590 g/mol. The number of hydrogen-bond acceptors (Lipinski definition) is 4. The molecule has 9 heteroatoms. The second-order valence-corrected chi connectivity index (χ2v) is 13.0. The number of benzene rings is 4. The topological polar surface area (TPSA) is 95.6 Å². The molecular formula is C31H30BrN3O4S. The second kappa shape index (κ2) is 12.1. The van der Waals surface area contributed by atoms with Gasteiger partial charge in [0.2, 0.25) is 5.91 Å². The van der Waals surface area contributed by atoms with Crippen molar-refractivity contribution in [1.82, 2.24) is 0 Å². The van der Waals surface area contributed by atoms with Crippen LogP contribution in [0.3, 0.4) is 0 Å². The Bertz CT molecular complexity index is 1600. The van der Waals surface area contributed by atoms with Gasteiger partial charge in [-0.2, -0.15) is 0 Å². The van der Waals surface area contributed by atoms with Crippen molar-refractivity contribution in [2.75, 3.05) is 21.5 Å². The SMILES string of the molecule is CC(C)(C)c1ccc(C(=O)Nc2cccc(NC(=O)CN(c3ccc(Br)cc3)S(=O)(=O)c3ccccc3)c2)cc1. The molecule has 0 atom stereocenters. The van der Waals surface area contributed by atoms with Gasteiger partial charge >= 0.3 is 0 Å². The quantitative estimate of drug-likeness (QED) is 0.226. The van der Waals surface area contributed by atoms with E-state index in [1.807, 2.05) is 12.1 Å². The highest BCUT2D eigenvalue weighted by Gasteiger charge is 2.27. The summed E-state index contributed by atoms with van der Waals surface area (Å²) in [5.41, 5.74) is 2.87. The van der Waals surface area contributed by atoms with Gasteiger partial charge in [-0.25, -0.2) is 8.42 Å². The van der Waals surface area contributed by atoms with E-state index in [1.165, 1.54) is 12.1 Å². The Hall–Kier alpha value is -3.95. The molecule has 4 aromatic carbocycles. The first-order valence-electron chi connectivity index (χ1n) is 12.6. The number of carbonyl (C=O) groups is 2. The molecule has 4 aromatic rings. The summed E-state index contributed by atoms with van der Waals surface area (Å²) in [5, 5.41) is 5.60. The van der Waals surface area contributed by atoms with E-state index in [9.17, 15) is 18.0 Å². The molecule has 0 saturated heterocycles. The van der Waals surface area contributed by atoms with Crippen molar-refractivity contribution in [3.8, 4) is 0 Å². The van der Waals surface area contributed by atoms with E-state index in [0.717, 1.165) is 14.3 Å². The highest BCUT2D eigenvalue weighted by atomic mass is 79.9. The monoisotopic (exact) mass is 619 g/mol. The molecule has 0 unspecified atom stereocenters. The summed E-state index contributed by atoms with van der Waals surface area (Å²) in [6.45, 7) is 5.88. The van der Waals surface area contributed by atoms with Crippen molar-refractivity contribution in [2.24, 2.45) is 0 Å². The predicted molar refractivity (Wildman–Crippen MR) is 163 cm³/mol. The van der Waals surface area contributed by atoms with Crippen LogP contribution >= 0.6 is 15.9 Å². The first kappa shape index (κ1) is 29.0. The van der Waals surface area contributed by atoms with Crippen molar-refractivity contribution < 1.29 is 18.0 Å². The van der Waals surface area contributed by atoms with Crippen LogP contribution in [0, 0.1) is 0 Å². The van der Waals surface area contributed by atoms with Crippen LogP contribution in [0.25, 0.3) is 0 Å². The highest BCUT2D eigenvalue weighted by molar-refractivity contribution is 9.10. The normalized spacial score (nSPS) is 11.5. The molecule has 0 aromatic heterocycles. The highest BCUT2D eigenvalue weighted by Crippen LogP contribution is 2.26. The Balaban J connectivity index is 1.49. The van der Waals surface area contributed by atoms with E-state index in [1.54, 1.807) is 78.9 Å². The third kappa shape index (κ3) is 7.16. The van der Waals surface area contributed by atoms with E-state index in [2.05, 4.69) is 47.3 Å². The molecule has 0 heterocycles. The summed E-state index contributed by atoms with van der Waals surface area (Å²) in [7, 11) is -4.02. The van der Waals surface area contributed by atoms with Crippen molar-refractivity contribution in [3.63, 3.8) is 0 Å². The van der Waals surface area contributed by atoms with Gasteiger partial charge < -0.3 is 10.6 Å². The van der Waals surface area contributed by atoms with Crippen LogP contribution in [0.5, 0.6) is 0 Å². The maximum Gasteiger partial charge on any atom is 0.264 e. The van der Waals surface area contributed by atoms with Crippen molar-refractivity contribution >= 4 is 54.8 Å². The van der Waals surface area contributed by atoms with Crippen LogP contribution in [0.2, 0.25) is 0 Å². The van der Waals surface area contributed by atoms with Gasteiger partial charge in [0.1, 0.15) is 6.54 Å². The fraction of sp³-hybridized carbons (Fsp3) is 0.161. The lowest BCUT2D eigenvalue weighted by molar-refractivity contribution is -0.114. The number of halogens is 1. The van der Waals surface area contributed by atoms with Gasteiger partial charge in [-0.15, -0.1) is 0 Å². The van der Waals surface area contributed by atoms with E-state index >= 15 is 0 Å². The minimum Gasteiger partial charge on any atom is -0.324 e. The molecule has 0 bridgehead atoms. The van der Waals surface area contributed by atoms with E-state index in [4.69, 9.17) is 0 Å². The van der Waals surface area contributed by atoms with E-state index in [-0.39, 0.29) is 16.2 Å². The third-order valence-electron chi connectivity index (χ3n) is 6.15. The number of carbonyl (C=O) groups excluding carboxylic acids is 2. The maximum atomic E-state index is 13.5. The molecule has 2 N–H and O–H groups in total. The molecule has 40 heavy (non-hydrogen) atoms. The molecule has 0 radical (unpaired) electrons. The Morgan fingerprint density at radius 2 is 1.38 bits per heavy atom. The first-order chi connectivity index (χ1) is 18.9. The van der Waals surface area contributed by atoms with Crippen molar-refractivity contribution in [3.05, 3.63) is 119 Å². The number of amides is 2. The molecule has 2 amide bonds. The fourth-order valence-electron chi connectivity index (χ4n) is 3.97. The first-order valence-corrected chi connectivity index (χ1v) is 14.8. The number of rotatable bonds is 8. The molecule has 4 rings (SSSR count). The van der Waals surface area contributed by atoms with Gasteiger partial charge in [0.15, 0.2) is 0 Å². The molecule has 206 valence electrons. The fourth-order valence-corrected chi connectivity index (χ4v) is 5.68. The zero-order valence-corrected chi connectivity index (χ0v) is 24.8. The molecule has 7 nitrogen and oxygen atoms in total. The van der Waals surface area contributed by atoms with Gasteiger partial charge in [0.25, 0.3) is 15.9 Å². The molecule has 0 aliphatic carbocycles. The van der Waals surface area contributed by atoms with Crippen LogP contribution in [-0.4, -0.2) is 26.8 Å². The van der Waals surface area contributed by atoms with Gasteiger partial charge in [-0.05, 0) is 77.7 Å². The Labute approximate surface area is 243 Å². The predicted octanol–water partition coefficient (Wildman–Crippen LogP) is 6.83. The summed E-state index contributed by atoms with van der Waals surface area (Å²) in [6.07, 6.45) is 0. The average molecular weight is 621 g/mol. The largest absolute Gasteiger partial charge is 0.324 e. The lowest BCUT2D eigenvalue weighted by atomic mass is 9.87. The minimum absolute atomic E-state index is 0.0189. The lowest BCUT2D eigenvalue weighted by Crippen LogP contribution is -2.38. The molecule has 0 aliphatic rings. The van der Waals surface area contributed by atoms with Crippen LogP contribution in [0.4, 0.5) is 17.1 Å². The number of hydrogen-bond donors (Lipinski definition) is 2. The summed E-state index contributed by atoms with van der Waals surface area (Å²) >= 11 is 3.36. The zero-order valence-electron chi connectivity index (χ0n) is 22.4. The van der Waals surface area contributed by atoms with Gasteiger partial charge in [0, 0.05) is 21.4 Å². The summed E-state index contributed by atoms with van der Waals surface area (Å²) < 4.78 is 28.8. The smallest absolute Gasteiger partial charge is 0.264 e. The summed E-state index contributed by atoms with van der Waals surface area (Å²) in [5.74, 6) is -0.817. The van der Waals surface area contributed by atoms with E-state index in [0.29, 0.717) is 22.6 Å². The van der Waals surface area contributed by atoms with Gasteiger partial charge in [-0.1, -0.05) is 73.1 Å². The Kier molecular flexibility index (Phi) is 8.76. The molecule has 0 saturated carbocycles. The number of sulfonamides is 1.